The summed E-state index contributed by atoms with van der Waals surface area (Å²) < 4.78 is 33.2. The number of halogens is 1. The fourth-order valence-corrected chi connectivity index (χ4v) is 7.99. The molecule has 224 valence electrons. The number of rotatable bonds is 12. The lowest BCUT2D eigenvalue weighted by molar-refractivity contribution is -0.183. The van der Waals surface area contributed by atoms with Gasteiger partial charge in [-0.2, -0.15) is 0 Å². The lowest BCUT2D eigenvalue weighted by Gasteiger charge is -2.40. The molecule has 0 aromatic heterocycles. The average Bonchev–Trinajstić information content (AvgIpc) is 2.92. The Labute approximate surface area is 260 Å². The third-order valence-corrected chi connectivity index (χ3v) is 16.3. The average molecular weight is 741 g/mol. The van der Waals surface area contributed by atoms with E-state index in [9.17, 15) is 4.79 Å². The second kappa shape index (κ2) is 20.0. The molecule has 0 N–H and O–H groups in total. The lowest BCUT2D eigenvalue weighted by atomic mass is 9.91. The van der Waals surface area contributed by atoms with Gasteiger partial charge in [-0.3, -0.25) is 0 Å². The molecule has 17 heteroatoms. The summed E-state index contributed by atoms with van der Waals surface area (Å²) in [6.45, 7) is 6.99. The van der Waals surface area contributed by atoms with Crippen molar-refractivity contribution in [2.45, 2.75) is 45.2 Å². The number of esters is 1. The minimum Gasteiger partial charge on any atom is -0.494 e. The largest absolute Gasteiger partial charge is 0.494 e. The Hall–Kier alpha value is 1.71. The van der Waals surface area contributed by atoms with Crippen LogP contribution in [-0.4, -0.2) is 37.5 Å². The summed E-state index contributed by atoms with van der Waals surface area (Å²) in [5.74, 6) is 0.491. The summed E-state index contributed by atoms with van der Waals surface area (Å²) in [6, 6.07) is 13.8. The standard InChI is InChI=1S/C16H18ClO2P.C7H20O5P8/c1-3-18-13-7-5-12(6-8-13)16(19-20)14-10-11(2)4-9-15(14)17;1-3-4(2-9-13)10-7(8)6(12-20(17)18-14)5(3)11-19(15)16/h4-10,16H,3,20H2,1-2H3;3-6,18H,2,13-17H2,1H3/t;3-,4-,5+,6-,20?/m.1/s1. The fourth-order valence-electron chi connectivity index (χ4n) is 3.87. The van der Waals surface area contributed by atoms with E-state index in [1.807, 2.05) is 63.2 Å². The van der Waals surface area contributed by atoms with Crippen LogP contribution in [0, 0.1) is 12.8 Å². The Kier molecular flexibility index (Phi) is 18.9. The Bertz CT molecular complexity index is 1050. The number of hydrogen-bond donors (Lipinski definition) is 0. The van der Waals surface area contributed by atoms with Crippen molar-refractivity contribution in [3.05, 3.63) is 64.2 Å². The molecule has 1 aliphatic heterocycles. The van der Waals surface area contributed by atoms with Gasteiger partial charge < -0.3 is 27.6 Å². The van der Waals surface area contributed by atoms with Crippen molar-refractivity contribution < 1.29 is 32.4 Å². The molecule has 0 amide bonds. The van der Waals surface area contributed by atoms with Gasteiger partial charge in [-0.15, -0.1) is 8.93 Å². The molecule has 1 fully saturated rings. The zero-order valence-corrected chi connectivity index (χ0v) is 32.9. The Morgan fingerprint density at radius 2 is 1.77 bits per heavy atom. The van der Waals surface area contributed by atoms with Crippen LogP contribution in [-0.2, 0) is 27.6 Å². The van der Waals surface area contributed by atoms with Crippen molar-refractivity contribution in [1.82, 2.24) is 0 Å². The predicted octanol–water partition coefficient (Wildman–Crippen LogP) is 8.62. The molecule has 40 heavy (non-hydrogen) atoms. The van der Waals surface area contributed by atoms with E-state index < -0.39 is 21.2 Å². The van der Waals surface area contributed by atoms with E-state index in [1.54, 1.807) is 0 Å². The van der Waals surface area contributed by atoms with Crippen LogP contribution in [0.4, 0.5) is 0 Å². The highest BCUT2D eigenvalue weighted by atomic mass is 35.5. The summed E-state index contributed by atoms with van der Waals surface area (Å²) in [6.07, 6.45) is -1.52. The van der Waals surface area contributed by atoms with E-state index >= 15 is 0 Å². The van der Waals surface area contributed by atoms with Crippen molar-refractivity contribution >= 4 is 95.2 Å². The van der Waals surface area contributed by atoms with Crippen molar-refractivity contribution in [1.29, 1.82) is 0 Å². The molecule has 1 heterocycles. The smallest absolute Gasteiger partial charge is 0.338 e. The van der Waals surface area contributed by atoms with Crippen molar-refractivity contribution in [2.24, 2.45) is 5.92 Å². The van der Waals surface area contributed by atoms with Crippen LogP contribution in [0.1, 0.15) is 36.6 Å². The molecular weight excluding hydrogens is 702 g/mol. The van der Waals surface area contributed by atoms with Crippen LogP contribution in [0.15, 0.2) is 42.5 Å². The van der Waals surface area contributed by atoms with Gasteiger partial charge in [0.1, 0.15) is 24.1 Å². The van der Waals surface area contributed by atoms with Crippen LogP contribution < -0.4 is 4.74 Å². The molecule has 7 nitrogen and oxygen atoms in total. The highest BCUT2D eigenvalue weighted by molar-refractivity contribution is 8.59. The molecule has 13 atom stereocenters. The van der Waals surface area contributed by atoms with Gasteiger partial charge >= 0.3 is 5.97 Å². The molecule has 3 rings (SSSR count). The maximum absolute atomic E-state index is 12.2. The van der Waals surface area contributed by atoms with Crippen LogP contribution in [0.25, 0.3) is 0 Å². The van der Waals surface area contributed by atoms with Crippen LogP contribution in [0.2, 0.25) is 5.02 Å². The molecule has 0 radical (unpaired) electrons. The number of carbonyl (C=O) groups excluding carboxylic acids is 1. The zero-order valence-electron chi connectivity index (χ0n) is 22.4. The Morgan fingerprint density at radius 3 is 2.33 bits per heavy atom. The highest BCUT2D eigenvalue weighted by Crippen LogP contribution is 2.68. The molecule has 0 saturated carbocycles. The fraction of sp³-hybridized carbons (Fsp3) is 0.435. The molecule has 0 spiro atoms. The van der Waals surface area contributed by atoms with Gasteiger partial charge in [-0.25, -0.2) is 4.79 Å². The lowest BCUT2D eigenvalue weighted by Crippen LogP contribution is -2.53. The van der Waals surface area contributed by atoms with E-state index in [4.69, 9.17) is 39.2 Å². The maximum atomic E-state index is 12.2. The van der Waals surface area contributed by atoms with Crippen LogP contribution in [0.3, 0.4) is 0 Å². The van der Waals surface area contributed by atoms with E-state index in [2.05, 4.69) is 54.6 Å². The van der Waals surface area contributed by atoms with E-state index in [0.717, 1.165) is 22.4 Å². The number of benzene rings is 2. The second-order valence-electron chi connectivity index (χ2n) is 8.62. The van der Waals surface area contributed by atoms with Gasteiger partial charge in [0.05, 0.1) is 28.3 Å². The number of hydrogen-bond acceptors (Lipinski definition) is 7. The molecule has 0 aliphatic carbocycles. The molecule has 2 aromatic rings. The van der Waals surface area contributed by atoms with Crippen molar-refractivity contribution in [2.75, 3.05) is 13.2 Å². The van der Waals surface area contributed by atoms with Gasteiger partial charge in [0.25, 0.3) is 0 Å². The van der Waals surface area contributed by atoms with E-state index in [0.29, 0.717) is 26.2 Å². The highest BCUT2D eigenvalue weighted by Gasteiger charge is 2.46. The maximum Gasteiger partial charge on any atom is 0.338 e. The quantitative estimate of drug-likeness (QED) is 0.160. The third-order valence-electron chi connectivity index (χ3n) is 5.83. The van der Waals surface area contributed by atoms with Gasteiger partial charge in [-0.1, -0.05) is 75.1 Å². The predicted molar refractivity (Wildman–Crippen MR) is 192 cm³/mol. The Morgan fingerprint density at radius 1 is 1.10 bits per heavy atom. The number of ether oxygens (including phenoxy) is 2. The summed E-state index contributed by atoms with van der Waals surface area (Å²) in [4.78, 5) is 12.2. The van der Waals surface area contributed by atoms with Gasteiger partial charge in [0, 0.05) is 35.4 Å². The second-order valence-corrected chi connectivity index (χ2v) is 23.9. The molecule has 9 unspecified atom stereocenters. The summed E-state index contributed by atoms with van der Waals surface area (Å²) in [5, 5.41) is 0.705. The van der Waals surface area contributed by atoms with Gasteiger partial charge in [0.15, 0.2) is 6.10 Å². The van der Waals surface area contributed by atoms with Crippen molar-refractivity contribution in [3.8, 4) is 5.75 Å². The minimum absolute atomic E-state index is 0.00518. The number of aryl methyl sites for hydroxylation is 1. The number of cyclic esters (lactones) is 1. The third kappa shape index (κ3) is 11.9. The molecule has 2 aromatic carbocycles. The first kappa shape index (κ1) is 37.9. The molecule has 0 bridgehead atoms. The first-order chi connectivity index (χ1) is 19.1. The first-order valence-electron chi connectivity index (χ1n) is 12.1. The van der Waals surface area contributed by atoms with E-state index in [-0.39, 0.29) is 30.2 Å². The summed E-state index contributed by atoms with van der Waals surface area (Å²) in [7, 11) is 14.0. The number of carbonyl (C=O) groups is 1. The minimum atomic E-state index is -0.756. The molecule has 1 aliphatic rings. The topological polar surface area (TPSA) is 72.5 Å². The SMILES string of the molecule is CCOc1ccc(C(OP)c2cc(C)ccc2Cl)cc1.C[C@H]1[C@H](OP(P)P)[C@@H](OP(P)PP)C(=O)O[C@@H]1COP. The van der Waals surface area contributed by atoms with Gasteiger partial charge in [-0.05, 0) is 45.6 Å². The van der Waals surface area contributed by atoms with E-state index in [1.165, 1.54) is 0 Å². The summed E-state index contributed by atoms with van der Waals surface area (Å²) in [5.41, 5.74) is 3.16. The zero-order chi connectivity index (χ0) is 29.8. The summed E-state index contributed by atoms with van der Waals surface area (Å²) >= 11 is 6.29. The molecule has 1 saturated heterocycles. The van der Waals surface area contributed by atoms with Crippen LogP contribution in [0.5, 0.6) is 5.75 Å². The molecular formula is C23H38ClO7P9. The van der Waals surface area contributed by atoms with Crippen molar-refractivity contribution in [3.63, 3.8) is 0 Å². The monoisotopic (exact) mass is 740 g/mol. The first-order valence-corrected chi connectivity index (χ1v) is 24.4. The van der Waals surface area contributed by atoms with Gasteiger partial charge in [0.2, 0.25) is 0 Å². The normalized spacial score (nSPS) is 22.5. The van der Waals surface area contributed by atoms with Crippen LogP contribution >= 0.6 is 89.3 Å². The Balaban J connectivity index is 0.000000280.